The number of nitrogen functional groups attached to an aromatic ring is 1. The fourth-order valence-corrected chi connectivity index (χ4v) is 3.42. The first-order chi connectivity index (χ1) is 9.06. The topological polar surface area (TPSA) is 88.2 Å². The minimum atomic E-state index is -0.141. The van der Waals surface area contributed by atoms with E-state index < -0.39 is 0 Å². The highest BCUT2D eigenvalue weighted by Crippen LogP contribution is 2.35. The Hall–Kier alpha value is -1.14. The SMILES string of the molecule is Cc1nc(N)sc1C(=O)NCC1(CO)CCCCC1. The summed E-state index contributed by atoms with van der Waals surface area (Å²) in [6.45, 7) is 2.45. The summed E-state index contributed by atoms with van der Waals surface area (Å²) in [5.74, 6) is -0.134. The number of nitrogens with one attached hydrogen (secondary N) is 1. The van der Waals surface area contributed by atoms with Crippen molar-refractivity contribution in [2.24, 2.45) is 5.41 Å². The molecule has 0 spiro atoms. The van der Waals surface area contributed by atoms with E-state index in [2.05, 4.69) is 10.3 Å². The number of aliphatic hydroxyl groups is 1. The molecule has 6 heteroatoms. The standard InChI is InChI=1S/C13H21N3O2S/c1-9-10(19-12(14)16-9)11(18)15-7-13(8-17)5-3-2-4-6-13/h17H,2-8H2,1H3,(H2,14,16)(H,15,18). The van der Waals surface area contributed by atoms with Crippen molar-refractivity contribution in [1.82, 2.24) is 10.3 Å². The van der Waals surface area contributed by atoms with E-state index in [1.165, 1.54) is 17.8 Å². The minimum Gasteiger partial charge on any atom is -0.396 e. The molecule has 0 aromatic carbocycles. The van der Waals surface area contributed by atoms with E-state index in [-0.39, 0.29) is 17.9 Å². The van der Waals surface area contributed by atoms with Crippen molar-refractivity contribution in [3.05, 3.63) is 10.6 Å². The van der Waals surface area contributed by atoms with Crippen LogP contribution < -0.4 is 11.1 Å². The Morgan fingerprint density at radius 1 is 1.47 bits per heavy atom. The summed E-state index contributed by atoms with van der Waals surface area (Å²) in [5, 5.41) is 12.9. The Bertz CT molecular complexity index is 453. The number of hydrogen-bond donors (Lipinski definition) is 3. The number of thiazole rings is 1. The largest absolute Gasteiger partial charge is 0.396 e. The molecule has 1 aromatic heterocycles. The van der Waals surface area contributed by atoms with Crippen molar-refractivity contribution >= 4 is 22.4 Å². The number of rotatable bonds is 4. The summed E-state index contributed by atoms with van der Waals surface area (Å²) < 4.78 is 0. The third-order valence-corrected chi connectivity index (χ3v) is 4.88. The van der Waals surface area contributed by atoms with Crippen LogP contribution in [0.2, 0.25) is 0 Å². The van der Waals surface area contributed by atoms with Gasteiger partial charge < -0.3 is 16.2 Å². The average molecular weight is 283 g/mol. The number of amides is 1. The van der Waals surface area contributed by atoms with Crippen LogP contribution in [0, 0.1) is 12.3 Å². The maximum Gasteiger partial charge on any atom is 0.263 e. The molecule has 0 saturated heterocycles. The van der Waals surface area contributed by atoms with Gasteiger partial charge in [-0.1, -0.05) is 30.6 Å². The summed E-state index contributed by atoms with van der Waals surface area (Å²) in [6, 6.07) is 0. The van der Waals surface area contributed by atoms with Crippen molar-refractivity contribution in [1.29, 1.82) is 0 Å². The van der Waals surface area contributed by atoms with Crippen LogP contribution in [0.1, 0.15) is 47.5 Å². The van der Waals surface area contributed by atoms with E-state index >= 15 is 0 Å². The van der Waals surface area contributed by atoms with Crippen molar-refractivity contribution in [2.75, 3.05) is 18.9 Å². The second-order valence-electron chi connectivity index (χ2n) is 5.37. The summed E-state index contributed by atoms with van der Waals surface area (Å²) in [5.41, 5.74) is 6.12. The molecule has 0 atom stereocenters. The summed E-state index contributed by atoms with van der Waals surface area (Å²) >= 11 is 1.21. The van der Waals surface area contributed by atoms with Gasteiger partial charge >= 0.3 is 0 Å². The number of nitrogens with zero attached hydrogens (tertiary/aromatic N) is 1. The highest BCUT2D eigenvalue weighted by atomic mass is 32.1. The molecular formula is C13H21N3O2S. The molecule has 0 unspecified atom stereocenters. The molecule has 0 bridgehead atoms. The summed E-state index contributed by atoms with van der Waals surface area (Å²) in [4.78, 5) is 16.7. The van der Waals surface area contributed by atoms with Crippen LogP contribution in [0.25, 0.3) is 0 Å². The highest BCUT2D eigenvalue weighted by molar-refractivity contribution is 7.17. The van der Waals surface area contributed by atoms with E-state index in [4.69, 9.17) is 5.73 Å². The highest BCUT2D eigenvalue weighted by Gasteiger charge is 2.32. The van der Waals surface area contributed by atoms with E-state index in [0.717, 1.165) is 25.7 Å². The smallest absolute Gasteiger partial charge is 0.263 e. The van der Waals surface area contributed by atoms with Gasteiger partial charge in [0.05, 0.1) is 12.3 Å². The Morgan fingerprint density at radius 3 is 2.68 bits per heavy atom. The van der Waals surface area contributed by atoms with E-state index in [1.807, 2.05) is 0 Å². The normalized spacial score (nSPS) is 18.2. The van der Waals surface area contributed by atoms with Crippen LogP contribution in [-0.2, 0) is 0 Å². The van der Waals surface area contributed by atoms with Gasteiger partial charge in [-0.25, -0.2) is 4.98 Å². The van der Waals surface area contributed by atoms with Crippen LogP contribution in [0.15, 0.2) is 0 Å². The maximum absolute atomic E-state index is 12.1. The van der Waals surface area contributed by atoms with Gasteiger partial charge in [0.15, 0.2) is 5.13 Å². The van der Waals surface area contributed by atoms with Crippen molar-refractivity contribution in [2.45, 2.75) is 39.0 Å². The third-order valence-electron chi connectivity index (χ3n) is 3.89. The predicted octanol–water partition coefficient (Wildman–Crippen LogP) is 1.71. The molecule has 1 aromatic rings. The minimum absolute atomic E-state index is 0.134. The van der Waals surface area contributed by atoms with Gasteiger partial charge in [-0.3, -0.25) is 4.79 Å². The molecule has 1 saturated carbocycles. The molecular weight excluding hydrogens is 262 g/mol. The maximum atomic E-state index is 12.1. The van der Waals surface area contributed by atoms with E-state index in [9.17, 15) is 9.90 Å². The van der Waals surface area contributed by atoms with Gasteiger partial charge in [-0.15, -0.1) is 0 Å². The number of carbonyl (C=O) groups is 1. The lowest BCUT2D eigenvalue weighted by atomic mass is 9.74. The van der Waals surface area contributed by atoms with Gasteiger partial charge in [-0.2, -0.15) is 0 Å². The summed E-state index contributed by atoms with van der Waals surface area (Å²) in [7, 11) is 0. The van der Waals surface area contributed by atoms with Crippen molar-refractivity contribution in [3.8, 4) is 0 Å². The molecule has 1 aliphatic rings. The van der Waals surface area contributed by atoms with Gasteiger partial charge in [-0.05, 0) is 19.8 Å². The molecule has 2 rings (SSSR count). The van der Waals surface area contributed by atoms with Crippen molar-refractivity contribution in [3.63, 3.8) is 0 Å². The zero-order valence-corrected chi connectivity index (χ0v) is 12.1. The molecule has 0 radical (unpaired) electrons. The van der Waals surface area contributed by atoms with Crippen molar-refractivity contribution < 1.29 is 9.90 Å². The second kappa shape index (κ2) is 5.88. The van der Waals surface area contributed by atoms with Crippen LogP contribution in [0.4, 0.5) is 5.13 Å². The lowest BCUT2D eigenvalue weighted by Crippen LogP contribution is -2.41. The molecule has 1 amide bonds. The van der Waals surface area contributed by atoms with Gasteiger partial charge in [0.25, 0.3) is 5.91 Å². The molecule has 19 heavy (non-hydrogen) atoms. The Labute approximate surface area is 117 Å². The number of nitrogens with two attached hydrogens (primary N) is 1. The van der Waals surface area contributed by atoms with E-state index in [0.29, 0.717) is 22.2 Å². The number of aliphatic hydroxyl groups excluding tert-OH is 1. The number of anilines is 1. The molecule has 1 fully saturated rings. The monoisotopic (exact) mass is 283 g/mol. The molecule has 4 N–H and O–H groups in total. The first-order valence-electron chi connectivity index (χ1n) is 6.68. The summed E-state index contributed by atoms with van der Waals surface area (Å²) in [6.07, 6.45) is 5.44. The molecule has 1 aliphatic carbocycles. The first kappa shape index (κ1) is 14.3. The second-order valence-corrected chi connectivity index (χ2v) is 6.40. The Morgan fingerprint density at radius 2 is 2.16 bits per heavy atom. The molecule has 1 heterocycles. The average Bonchev–Trinajstić information content (AvgIpc) is 2.76. The number of carbonyl (C=O) groups excluding carboxylic acids is 1. The van der Waals surface area contributed by atoms with Crippen LogP contribution in [0.3, 0.4) is 0 Å². The Kier molecular flexibility index (Phi) is 4.42. The van der Waals surface area contributed by atoms with Gasteiger partial charge in [0.1, 0.15) is 4.88 Å². The Balaban J connectivity index is 1.97. The van der Waals surface area contributed by atoms with E-state index in [1.54, 1.807) is 6.92 Å². The quantitative estimate of drug-likeness (QED) is 0.785. The molecule has 0 aliphatic heterocycles. The fraction of sp³-hybridized carbons (Fsp3) is 0.692. The zero-order valence-electron chi connectivity index (χ0n) is 11.2. The lowest BCUT2D eigenvalue weighted by molar-refractivity contribution is 0.0719. The number of hydrogen-bond acceptors (Lipinski definition) is 5. The lowest BCUT2D eigenvalue weighted by Gasteiger charge is -2.35. The van der Waals surface area contributed by atoms with Crippen LogP contribution in [-0.4, -0.2) is 29.1 Å². The van der Waals surface area contributed by atoms with Crippen LogP contribution in [0.5, 0.6) is 0 Å². The van der Waals surface area contributed by atoms with Crippen LogP contribution >= 0.6 is 11.3 Å². The third kappa shape index (κ3) is 3.25. The number of aryl methyl sites for hydroxylation is 1. The first-order valence-corrected chi connectivity index (χ1v) is 7.50. The fourth-order valence-electron chi connectivity index (χ4n) is 2.67. The number of aromatic nitrogens is 1. The zero-order chi connectivity index (χ0) is 13.9. The molecule has 5 nitrogen and oxygen atoms in total. The van der Waals surface area contributed by atoms with Gasteiger partial charge in [0, 0.05) is 12.0 Å². The molecule has 106 valence electrons. The van der Waals surface area contributed by atoms with Gasteiger partial charge in [0.2, 0.25) is 0 Å². The predicted molar refractivity (Wildman–Crippen MR) is 76.2 cm³/mol.